The molecule has 3 rings (SSSR count). The number of carbonyl (C=O) groups is 1. The van der Waals surface area contributed by atoms with Crippen LogP contribution in [0.1, 0.15) is 5.56 Å². The van der Waals surface area contributed by atoms with Gasteiger partial charge in [-0.05, 0) is 60.2 Å². The normalized spacial score (nSPS) is 10.9. The Labute approximate surface area is 179 Å². The SMILES string of the molecule is COc1ccc(NS(=O)(=O)c2cc(NC(=O)Cc3cccc(F)c3)ccc2OC)cc1. The summed E-state index contributed by atoms with van der Waals surface area (Å²) in [5.74, 6) is -0.150. The molecule has 0 saturated heterocycles. The van der Waals surface area contributed by atoms with Crippen molar-refractivity contribution in [3.8, 4) is 11.5 Å². The number of benzene rings is 3. The topological polar surface area (TPSA) is 93.7 Å². The number of amides is 1. The molecule has 1 amide bonds. The maximum Gasteiger partial charge on any atom is 0.265 e. The summed E-state index contributed by atoms with van der Waals surface area (Å²) in [5, 5.41) is 2.63. The van der Waals surface area contributed by atoms with Crippen LogP contribution >= 0.6 is 0 Å². The zero-order valence-electron chi connectivity index (χ0n) is 16.9. The average molecular weight is 444 g/mol. The van der Waals surface area contributed by atoms with Crippen molar-refractivity contribution in [2.75, 3.05) is 24.3 Å². The lowest BCUT2D eigenvalue weighted by molar-refractivity contribution is -0.115. The highest BCUT2D eigenvalue weighted by Gasteiger charge is 2.21. The van der Waals surface area contributed by atoms with Gasteiger partial charge < -0.3 is 14.8 Å². The molecular weight excluding hydrogens is 423 g/mol. The Balaban J connectivity index is 1.81. The standard InChI is InChI=1S/C22H21FN2O5S/c1-29-19-9-6-17(7-10-19)25-31(27,28)21-14-18(8-11-20(21)30-2)24-22(26)13-15-4-3-5-16(23)12-15/h3-12,14,25H,13H2,1-2H3,(H,24,26). The first-order chi connectivity index (χ1) is 14.8. The van der Waals surface area contributed by atoms with Crippen LogP contribution in [-0.2, 0) is 21.2 Å². The van der Waals surface area contributed by atoms with Crippen LogP contribution in [0.5, 0.6) is 11.5 Å². The maximum absolute atomic E-state index is 13.3. The second-order valence-electron chi connectivity index (χ2n) is 6.55. The number of nitrogens with one attached hydrogen (secondary N) is 2. The van der Waals surface area contributed by atoms with Crippen LogP contribution in [0.15, 0.2) is 71.6 Å². The maximum atomic E-state index is 13.3. The van der Waals surface area contributed by atoms with Gasteiger partial charge in [0, 0.05) is 11.4 Å². The fraction of sp³-hybridized carbons (Fsp3) is 0.136. The van der Waals surface area contributed by atoms with Gasteiger partial charge >= 0.3 is 0 Å². The van der Waals surface area contributed by atoms with E-state index in [0.29, 0.717) is 17.0 Å². The molecule has 3 aromatic carbocycles. The van der Waals surface area contributed by atoms with Gasteiger partial charge in [0.1, 0.15) is 22.2 Å². The summed E-state index contributed by atoms with van der Waals surface area (Å²) in [4.78, 5) is 12.2. The van der Waals surface area contributed by atoms with E-state index in [-0.39, 0.29) is 22.8 Å². The second kappa shape index (κ2) is 9.48. The number of halogens is 1. The number of hydrogen-bond acceptors (Lipinski definition) is 5. The number of hydrogen-bond donors (Lipinski definition) is 2. The molecular formula is C22H21FN2O5S. The predicted molar refractivity (Wildman–Crippen MR) is 116 cm³/mol. The highest BCUT2D eigenvalue weighted by molar-refractivity contribution is 7.92. The van der Waals surface area contributed by atoms with E-state index in [9.17, 15) is 17.6 Å². The predicted octanol–water partition coefficient (Wildman–Crippen LogP) is 3.82. The van der Waals surface area contributed by atoms with Crippen molar-refractivity contribution in [2.24, 2.45) is 0 Å². The molecule has 3 aromatic rings. The van der Waals surface area contributed by atoms with Gasteiger partial charge in [0.2, 0.25) is 5.91 Å². The van der Waals surface area contributed by atoms with Crippen LogP contribution in [0.3, 0.4) is 0 Å². The minimum atomic E-state index is -4.02. The molecule has 0 spiro atoms. The monoisotopic (exact) mass is 444 g/mol. The van der Waals surface area contributed by atoms with Crippen LogP contribution in [0.2, 0.25) is 0 Å². The fourth-order valence-corrected chi connectivity index (χ4v) is 4.13. The largest absolute Gasteiger partial charge is 0.497 e. The molecule has 9 heteroatoms. The molecule has 0 aliphatic heterocycles. The number of carbonyl (C=O) groups excluding carboxylic acids is 1. The molecule has 0 saturated carbocycles. The van der Waals surface area contributed by atoms with Crippen LogP contribution in [0.25, 0.3) is 0 Å². The molecule has 0 aliphatic carbocycles. The van der Waals surface area contributed by atoms with Crippen LogP contribution in [0.4, 0.5) is 15.8 Å². The smallest absolute Gasteiger partial charge is 0.265 e. The van der Waals surface area contributed by atoms with Gasteiger partial charge in [-0.15, -0.1) is 0 Å². The number of ether oxygens (including phenoxy) is 2. The zero-order valence-corrected chi connectivity index (χ0v) is 17.7. The third-order valence-corrected chi connectivity index (χ3v) is 5.74. The quantitative estimate of drug-likeness (QED) is 0.551. The summed E-state index contributed by atoms with van der Waals surface area (Å²) < 4.78 is 51.9. The van der Waals surface area contributed by atoms with Crippen molar-refractivity contribution < 1.29 is 27.1 Å². The van der Waals surface area contributed by atoms with E-state index in [0.717, 1.165) is 0 Å². The summed E-state index contributed by atoms with van der Waals surface area (Å²) in [6.07, 6.45) is -0.0596. The van der Waals surface area contributed by atoms with E-state index < -0.39 is 21.7 Å². The highest BCUT2D eigenvalue weighted by atomic mass is 32.2. The summed E-state index contributed by atoms with van der Waals surface area (Å²) in [6, 6.07) is 16.3. The van der Waals surface area contributed by atoms with Crippen molar-refractivity contribution in [3.63, 3.8) is 0 Å². The summed E-state index contributed by atoms with van der Waals surface area (Å²) in [6.45, 7) is 0. The van der Waals surface area contributed by atoms with Crippen LogP contribution in [0, 0.1) is 5.82 Å². The van der Waals surface area contributed by atoms with Crippen LogP contribution in [-0.4, -0.2) is 28.5 Å². The van der Waals surface area contributed by atoms with E-state index in [1.165, 1.54) is 50.6 Å². The lowest BCUT2D eigenvalue weighted by Gasteiger charge is -2.14. The fourth-order valence-electron chi connectivity index (χ4n) is 2.87. The van der Waals surface area contributed by atoms with E-state index in [2.05, 4.69) is 10.0 Å². The minimum absolute atomic E-state index is 0.0596. The number of anilines is 2. The highest BCUT2D eigenvalue weighted by Crippen LogP contribution is 2.29. The Morgan fingerprint density at radius 2 is 1.65 bits per heavy atom. The van der Waals surface area contributed by atoms with E-state index in [1.807, 2.05) is 0 Å². The molecule has 0 heterocycles. The molecule has 31 heavy (non-hydrogen) atoms. The Hall–Kier alpha value is -3.59. The van der Waals surface area contributed by atoms with Crippen molar-refractivity contribution in [1.29, 1.82) is 0 Å². The van der Waals surface area contributed by atoms with Crippen molar-refractivity contribution >= 4 is 27.3 Å². The molecule has 162 valence electrons. The van der Waals surface area contributed by atoms with Crippen LogP contribution < -0.4 is 19.5 Å². The van der Waals surface area contributed by atoms with Crippen molar-refractivity contribution in [1.82, 2.24) is 0 Å². The summed E-state index contributed by atoms with van der Waals surface area (Å²) >= 11 is 0. The third kappa shape index (κ3) is 5.73. The van der Waals surface area contributed by atoms with Gasteiger partial charge in [-0.3, -0.25) is 9.52 Å². The first-order valence-electron chi connectivity index (χ1n) is 9.20. The van der Waals surface area contributed by atoms with Gasteiger partial charge in [0.05, 0.1) is 20.6 Å². The first kappa shape index (κ1) is 22.1. The number of methoxy groups -OCH3 is 2. The van der Waals surface area contributed by atoms with Gasteiger partial charge in [0.15, 0.2) is 0 Å². The minimum Gasteiger partial charge on any atom is -0.497 e. The van der Waals surface area contributed by atoms with Crippen molar-refractivity contribution in [3.05, 3.63) is 78.1 Å². The Bertz CT molecular complexity index is 1180. The van der Waals surface area contributed by atoms with Gasteiger partial charge in [-0.1, -0.05) is 12.1 Å². The molecule has 7 nitrogen and oxygen atoms in total. The number of sulfonamides is 1. The molecule has 0 radical (unpaired) electrons. The molecule has 0 fully saturated rings. The third-order valence-electron chi connectivity index (χ3n) is 4.33. The average Bonchev–Trinajstić information content (AvgIpc) is 2.74. The Morgan fingerprint density at radius 1 is 0.935 bits per heavy atom. The van der Waals surface area contributed by atoms with Gasteiger partial charge in [-0.25, -0.2) is 12.8 Å². The zero-order chi connectivity index (χ0) is 22.4. The van der Waals surface area contributed by atoms with Gasteiger partial charge in [-0.2, -0.15) is 0 Å². The second-order valence-corrected chi connectivity index (χ2v) is 8.21. The Kier molecular flexibility index (Phi) is 6.76. The van der Waals surface area contributed by atoms with E-state index in [4.69, 9.17) is 9.47 Å². The number of rotatable bonds is 8. The molecule has 0 atom stereocenters. The van der Waals surface area contributed by atoms with Crippen molar-refractivity contribution in [2.45, 2.75) is 11.3 Å². The Morgan fingerprint density at radius 3 is 2.29 bits per heavy atom. The molecule has 0 bridgehead atoms. The van der Waals surface area contributed by atoms with E-state index in [1.54, 1.807) is 30.3 Å². The summed E-state index contributed by atoms with van der Waals surface area (Å²) in [5.41, 5.74) is 1.10. The van der Waals surface area contributed by atoms with Gasteiger partial charge in [0.25, 0.3) is 10.0 Å². The molecule has 0 unspecified atom stereocenters. The molecule has 0 aromatic heterocycles. The lowest BCUT2D eigenvalue weighted by atomic mass is 10.1. The lowest BCUT2D eigenvalue weighted by Crippen LogP contribution is -2.17. The molecule has 0 aliphatic rings. The van der Waals surface area contributed by atoms with E-state index >= 15 is 0 Å². The first-order valence-corrected chi connectivity index (χ1v) is 10.7. The summed E-state index contributed by atoms with van der Waals surface area (Å²) in [7, 11) is -1.15. The molecule has 2 N–H and O–H groups in total.